The number of aromatic nitrogens is 4. The van der Waals surface area contributed by atoms with E-state index in [2.05, 4.69) is 25.1 Å². The molecule has 0 aromatic carbocycles. The van der Waals surface area contributed by atoms with Crippen molar-refractivity contribution in [1.29, 1.82) is 0 Å². The molecule has 2 N–H and O–H groups in total. The lowest BCUT2D eigenvalue weighted by molar-refractivity contribution is 0.579. The standard InChI is InChI=1S/C9H11N5O2S/c1-7-9(6-11-13-7)17(15,16)12-5-8-3-2-4-10-14-8/h2-4,6,12H,5H2,1H3,(H,11,13). The Morgan fingerprint density at radius 2 is 2.29 bits per heavy atom. The van der Waals surface area contributed by atoms with E-state index in [1.54, 1.807) is 19.1 Å². The first-order valence-corrected chi connectivity index (χ1v) is 6.34. The zero-order valence-electron chi connectivity index (χ0n) is 9.08. The molecule has 17 heavy (non-hydrogen) atoms. The van der Waals surface area contributed by atoms with Crippen LogP contribution in [0, 0.1) is 6.92 Å². The molecule has 7 nitrogen and oxygen atoms in total. The van der Waals surface area contributed by atoms with E-state index in [4.69, 9.17) is 0 Å². The minimum absolute atomic E-state index is 0.0980. The molecular formula is C9H11N5O2S. The molecule has 2 aromatic heterocycles. The number of nitrogens with zero attached hydrogens (tertiary/aromatic N) is 3. The molecule has 0 fully saturated rings. The third kappa shape index (κ3) is 2.66. The van der Waals surface area contributed by atoms with Gasteiger partial charge in [0.2, 0.25) is 10.0 Å². The van der Waals surface area contributed by atoms with Crippen LogP contribution in [-0.2, 0) is 16.6 Å². The molecule has 0 aliphatic carbocycles. The fraction of sp³-hybridized carbons (Fsp3) is 0.222. The summed E-state index contributed by atoms with van der Waals surface area (Å²) >= 11 is 0. The Bertz CT molecular complexity index is 593. The maximum atomic E-state index is 11.9. The Labute approximate surface area is 98.3 Å². The van der Waals surface area contributed by atoms with Crippen molar-refractivity contribution in [1.82, 2.24) is 25.1 Å². The number of sulfonamides is 1. The molecule has 0 radical (unpaired) electrons. The minimum atomic E-state index is -3.56. The van der Waals surface area contributed by atoms with Crippen LogP contribution in [0.4, 0.5) is 0 Å². The highest BCUT2D eigenvalue weighted by Gasteiger charge is 2.18. The quantitative estimate of drug-likeness (QED) is 0.798. The Morgan fingerprint density at radius 3 is 2.88 bits per heavy atom. The van der Waals surface area contributed by atoms with Gasteiger partial charge in [0.05, 0.1) is 24.1 Å². The van der Waals surface area contributed by atoms with Gasteiger partial charge in [0.15, 0.2) is 0 Å². The molecular weight excluding hydrogens is 242 g/mol. The molecule has 0 aliphatic rings. The van der Waals surface area contributed by atoms with Gasteiger partial charge >= 0.3 is 0 Å². The topological polar surface area (TPSA) is 101 Å². The van der Waals surface area contributed by atoms with Crippen molar-refractivity contribution in [3.05, 3.63) is 35.9 Å². The smallest absolute Gasteiger partial charge is 0.244 e. The normalized spacial score (nSPS) is 11.6. The summed E-state index contributed by atoms with van der Waals surface area (Å²) in [5, 5.41) is 13.7. The first-order valence-electron chi connectivity index (χ1n) is 4.86. The molecule has 8 heteroatoms. The lowest BCUT2D eigenvalue weighted by Gasteiger charge is -2.04. The van der Waals surface area contributed by atoms with E-state index in [9.17, 15) is 8.42 Å². The highest BCUT2D eigenvalue weighted by molar-refractivity contribution is 7.89. The molecule has 0 amide bonds. The Hall–Kier alpha value is -1.80. The van der Waals surface area contributed by atoms with Gasteiger partial charge in [0, 0.05) is 6.20 Å². The third-order valence-electron chi connectivity index (χ3n) is 2.14. The molecule has 2 heterocycles. The van der Waals surface area contributed by atoms with Crippen LogP contribution in [-0.4, -0.2) is 28.8 Å². The highest BCUT2D eigenvalue weighted by Crippen LogP contribution is 2.10. The third-order valence-corrected chi connectivity index (χ3v) is 3.66. The second-order valence-electron chi connectivity index (χ2n) is 3.40. The van der Waals surface area contributed by atoms with Crippen LogP contribution in [0.5, 0.6) is 0 Å². The SMILES string of the molecule is Cc1[nH]ncc1S(=O)(=O)NCc1cccnn1. The molecule has 0 spiro atoms. The first kappa shape index (κ1) is 11.7. The van der Waals surface area contributed by atoms with E-state index >= 15 is 0 Å². The van der Waals surface area contributed by atoms with Crippen molar-refractivity contribution in [2.75, 3.05) is 0 Å². The van der Waals surface area contributed by atoms with Gasteiger partial charge in [-0.3, -0.25) is 5.10 Å². The van der Waals surface area contributed by atoms with Gasteiger partial charge in [-0.2, -0.15) is 15.3 Å². The van der Waals surface area contributed by atoms with Crippen LogP contribution in [0.1, 0.15) is 11.4 Å². The second kappa shape index (κ2) is 4.60. The molecule has 2 aromatic rings. The van der Waals surface area contributed by atoms with E-state index in [0.29, 0.717) is 11.4 Å². The minimum Gasteiger partial charge on any atom is -0.281 e. The lowest BCUT2D eigenvalue weighted by Crippen LogP contribution is -2.24. The Kier molecular flexibility index (Phi) is 3.16. The summed E-state index contributed by atoms with van der Waals surface area (Å²) in [6, 6.07) is 3.39. The Morgan fingerprint density at radius 1 is 1.47 bits per heavy atom. The van der Waals surface area contributed by atoms with Crippen molar-refractivity contribution >= 4 is 10.0 Å². The fourth-order valence-electron chi connectivity index (χ4n) is 1.28. The van der Waals surface area contributed by atoms with Crippen molar-refractivity contribution in [2.45, 2.75) is 18.4 Å². The van der Waals surface area contributed by atoms with Gasteiger partial charge in [-0.15, -0.1) is 0 Å². The van der Waals surface area contributed by atoms with E-state index in [-0.39, 0.29) is 11.4 Å². The monoisotopic (exact) mass is 253 g/mol. The molecule has 0 atom stereocenters. The van der Waals surface area contributed by atoms with Crippen LogP contribution < -0.4 is 4.72 Å². The van der Waals surface area contributed by atoms with Gasteiger partial charge < -0.3 is 0 Å². The summed E-state index contributed by atoms with van der Waals surface area (Å²) < 4.78 is 26.2. The van der Waals surface area contributed by atoms with Gasteiger partial charge in [-0.1, -0.05) is 0 Å². The molecule has 0 unspecified atom stereocenters. The molecule has 2 rings (SSSR count). The average molecular weight is 253 g/mol. The summed E-state index contributed by atoms with van der Waals surface area (Å²) in [5.41, 5.74) is 1.05. The lowest BCUT2D eigenvalue weighted by atomic mass is 10.4. The molecule has 0 bridgehead atoms. The average Bonchev–Trinajstić information content (AvgIpc) is 2.75. The Balaban J connectivity index is 2.12. The summed E-state index contributed by atoms with van der Waals surface area (Å²) in [4.78, 5) is 0.140. The van der Waals surface area contributed by atoms with Gasteiger partial charge in [-0.05, 0) is 19.1 Å². The molecule has 0 saturated heterocycles. The van der Waals surface area contributed by atoms with Crippen LogP contribution in [0.25, 0.3) is 0 Å². The van der Waals surface area contributed by atoms with Gasteiger partial charge in [0.1, 0.15) is 4.90 Å². The van der Waals surface area contributed by atoms with Crippen molar-refractivity contribution < 1.29 is 8.42 Å². The van der Waals surface area contributed by atoms with Crippen molar-refractivity contribution in [3.63, 3.8) is 0 Å². The van der Waals surface area contributed by atoms with Crippen molar-refractivity contribution in [3.8, 4) is 0 Å². The number of hydrogen-bond acceptors (Lipinski definition) is 5. The molecule has 0 saturated carbocycles. The summed E-state index contributed by atoms with van der Waals surface area (Å²) in [7, 11) is -3.56. The number of aryl methyl sites for hydroxylation is 1. The summed E-state index contributed by atoms with van der Waals surface area (Å²) in [5.74, 6) is 0. The van der Waals surface area contributed by atoms with Gasteiger partial charge in [0.25, 0.3) is 0 Å². The highest BCUT2D eigenvalue weighted by atomic mass is 32.2. The zero-order valence-corrected chi connectivity index (χ0v) is 9.90. The number of rotatable bonds is 4. The predicted octanol–water partition coefficient (Wildman–Crippen LogP) is -0.0134. The maximum absolute atomic E-state index is 11.9. The van der Waals surface area contributed by atoms with E-state index in [1.165, 1.54) is 12.4 Å². The number of hydrogen-bond donors (Lipinski definition) is 2. The number of nitrogens with one attached hydrogen (secondary N) is 2. The zero-order chi connectivity index (χ0) is 12.3. The largest absolute Gasteiger partial charge is 0.281 e. The van der Waals surface area contributed by atoms with Crippen molar-refractivity contribution in [2.24, 2.45) is 0 Å². The van der Waals surface area contributed by atoms with Crippen LogP contribution in [0.3, 0.4) is 0 Å². The van der Waals surface area contributed by atoms with E-state index in [0.717, 1.165) is 0 Å². The number of H-pyrrole nitrogens is 1. The summed E-state index contributed by atoms with van der Waals surface area (Å²) in [6.07, 6.45) is 2.80. The summed E-state index contributed by atoms with van der Waals surface area (Å²) in [6.45, 7) is 1.74. The van der Waals surface area contributed by atoms with E-state index < -0.39 is 10.0 Å². The van der Waals surface area contributed by atoms with E-state index in [1.807, 2.05) is 0 Å². The van der Waals surface area contributed by atoms with Gasteiger partial charge in [-0.25, -0.2) is 13.1 Å². The van der Waals surface area contributed by atoms with Crippen LogP contribution >= 0.6 is 0 Å². The van der Waals surface area contributed by atoms with Crippen LogP contribution in [0.15, 0.2) is 29.4 Å². The fourth-order valence-corrected chi connectivity index (χ4v) is 2.42. The first-order chi connectivity index (χ1) is 8.09. The van der Waals surface area contributed by atoms with Crippen LogP contribution in [0.2, 0.25) is 0 Å². The molecule has 0 aliphatic heterocycles. The maximum Gasteiger partial charge on any atom is 0.244 e. The number of aromatic amines is 1. The predicted molar refractivity (Wildman–Crippen MR) is 59.4 cm³/mol. The second-order valence-corrected chi connectivity index (χ2v) is 5.13. The molecule has 90 valence electrons.